The Morgan fingerprint density at radius 1 is 1.56 bits per heavy atom. The Hall–Kier alpha value is -2.08. The zero-order chi connectivity index (χ0) is 11.7. The van der Waals surface area contributed by atoms with Crippen molar-refractivity contribution in [2.75, 3.05) is 6.54 Å². The summed E-state index contributed by atoms with van der Waals surface area (Å²) in [5.41, 5.74) is 5.47. The van der Waals surface area contributed by atoms with Crippen molar-refractivity contribution in [1.29, 1.82) is 0 Å². The quantitative estimate of drug-likeness (QED) is 0.689. The van der Waals surface area contributed by atoms with Crippen molar-refractivity contribution in [3.8, 4) is 5.75 Å². The summed E-state index contributed by atoms with van der Waals surface area (Å²) in [7, 11) is 0. The normalized spacial score (nSPS) is 10.8. The van der Waals surface area contributed by atoms with E-state index in [4.69, 9.17) is 10.8 Å². The number of carbonyl (C=O) groups is 1. The number of hydrogen-bond acceptors (Lipinski definition) is 4. The summed E-state index contributed by atoms with van der Waals surface area (Å²) < 4.78 is 1.55. The molecule has 0 aliphatic heterocycles. The molecule has 4 N–H and O–H groups in total. The molecule has 0 saturated carbocycles. The van der Waals surface area contributed by atoms with Gasteiger partial charge < -0.3 is 15.9 Å². The molecule has 6 heteroatoms. The number of imidazole rings is 1. The van der Waals surface area contributed by atoms with E-state index in [1.165, 1.54) is 6.07 Å². The lowest BCUT2D eigenvalue weighted by Crippen LogP contribution is -2.06. The Labute approximate surface area is 91.0 Å². The molecule has 6 nitrogen and oxygen atoms in total. The molecule has 16 heavy (non-hydrogen) atoms. The number of nitrogens with two attached hydrogens (primary N) is 1. The second kappa shape index (κ2) is 3.82. The summed E-state index contributed by atoms with van der Waals surface area (Å²) in [6.07, 6.45) is 2.11. The first kappa shape index (κ1) is 10.4. The van der Waals surface area contributed by atoms with Crippen LogP contribution in [0.4, 0.5) is 0 Å². The highest BCUT2D eigenvalue weighted by atomic mass is 16.4. The fourth-order valence-corrected chi connectivity index (χ4v) is 1.64. The molecule has 0 saturated heterocycles. The number of aromatic nitrogens is 2. The largest absolute Gasteiger partial charge is 0.506 e. The summed E-state index contributed by atoms with van der Waals surface area (Å²) in [6, 6.07) is 3.05. The van der Waals surface area contributed by atoms with Crippen molar-refractivity contribution in [2.24, 2.45) is 5.73 Å². The van der Waals surface area contributed by atoms with E-state index >= 15 is 0 Å². The maximum absolute atomic E-state index is 11.0. The molecule has 0 unspecified atom stereocenters. The molecule has 0 atom stereocenters. The predicted octanol–water partition coefficient (Wildman–Crippen LogP) is 0.239. The summed E-state index contributed by atoms with van der Waals surface area (Å²) in [5.74, 6) is -0.733. The molecule has 0 fully saturated rings. The minimum atomic E-state index is -1.16. The second-order valence-electron chi connectivity index (χ2n) is 3.33. The van der Waals surface area contributed by atoms with Crippen LogP contribution in [0.5, 0.6) is 5.75 Å². The van der Waals surface area contributed by atoms with E-state index in [0.29, 0.717) is 18.8 Å². The van der Waals surface area contributed by atoms with E-state index in [0.717, 1.165) is 0 Å². The number of carboxylic acids is 1. The molecule has 0 radical (unpaired) electrons. The number of aromatic hydroxyl groups is 1. The first-order valence-corrected chi connectivity index (χ1v) is 4.77. The molecule has 2 aromatic rings. The topological polar surface area (TPSA) is 101 Å². The van der Waals surface area contributed by atoms with Gasteiger partial charge in [0.25, 0.3) is 0 Å². The fourth-order valence-electron chi connectivity index (χ4n) is 1.64. The van der Waals surface area contributed by atoms with Crippen molar-refractivity contribution in [2.45, 2.75) is 6.42 Å². The standard InChI is InChI=1S/C10H11N3O3/c11-4-3-7-12-8(10(15)16)9-6(14)2-1-5-13(7)9/h1-2,5,14H,3-4,11H2,(H,15,16). The highest BCUT2D eigenvalue weighted by molar-refractivity contribution is 5.95. The number of nitrogens with zero attached hydrogens (tertiary/aromatic N) is 2. The SMILES string of the molecule is NCCc1nc(C(=O)O)c2c(O)cccn12. The van der Waals surface area contributed by atoms with E-state index in [1.807, 2.05) is 0 Å². The van der Waals surface area contributed by atoms with Gasteiger partial charge in [-0.3, -0.25) is 4.40 Å². The molecule has 0 aliphatic rings. The molecule has 0 amide bonds. The fraction of sp³-hybridized carbons (Fsp3) is 0.200. The maximum Gasteiger partial charge on any atom is 0.356 e. The van der Waals surface area contributed by atoms with Crippen molar-refractivity contribution in [3.63, 3.8) is 0 Å². The van der Waals surface area contributed by atoms with Crippen LogP contribution in [-0.4, -0.2) is 32.1 Å². The summed E-state index contributed by atoms with van der Waals surface area (Å²) in [4.78, 5) is 14.9. The Balaban J connectivity index is 2.76. The zero-order valence-corrected chi connectivity index (χ0v) is 8.42. The minimum absolute atomic E-state index is 0.101. The van der Waals surface area contributed by atoms with Crippen LogP contribution in [0.1, 0.15) is 16.3 Å². The molecular weight excluding hydrogens is 210 g/mol. The molecule has 0 bridgehead atoms. The van der Waals surface area contributed by atoms with Gasteiger partial charge in [0.2, 0.25) is 0 Å². The lowest BCUT2D eigenvalue weighted by Gasteiger charge is -2.00. The van der Waals surface area contributed by atoms with Crippen LogP contribution in [0.2, 0.25) is 0 Å². The first-order valence-electron chi connectivity index (χ1n) is 4.77. The number of carboxylic acid groups (broad SMARTS) is 1. The van der Waals surface area contributed by atoms with Gasteiger partial charge in [-0.15, -0.1) is 0 Å². The molecule has 84 valence electrons. The van der Waals surface area contributed by atoms with Crippen LogP contribution in [0, 0.1) is 0 Å². The van der Waals surface area contributed by atoms with Crippen molar-refractivity contribution in [3.05, 3.63) is 29.8 Å². The van der Waals surface area contributed by atoms with E-state index in [2.05, 4.69) is 4.98 Å². The van der Waals surface area contributed by atoms with Crippen molar-refractivity contribution >= 4 is 11.5 Å². The Kier molecular flexibility index (Phi) is 2.49. The van der Waals surface area contributed by atoms with Gasteiger partial charge in [0, 0.05) is 12.6 Å². The minimum Gasteiger partial charge on any atom is -0.506 e. The summed E-state index contributed by atoms with van der Waals surface area (Å²) >= 11 is 0. The smallest absolute Gasteiger partial charge is 0.356 e. The van der Waals surface area contributed by atoms with Gasteiger partial charge >= 0.3 is 5.97 Å². The zero-order valence-electron chi connectivity index (χ0n) is 8.42. The van der Waals surface area contributed by atoms with Crippen molar-refractivity contribution in [1.82, 2.24) is 9.38 Å². The number of fused-ring (bicyclic) bond motifs is 1. The van der Waals surface area contributed by atoms with Crippen LogP contribution >= 0.6 is 0 Å². The van der Waals surface area contributed by atoms with Gasteiger partial charge in [0.1, 0.15) is 17.1 Å². The van der Waals surface area contributed by atoms with E-state index < -0.39 is 5.97 Å². The Morgan fingerprint density at radius 3 is 2.94 bits per heavy atom. The molecule has 2 aromatic heterocycles. The number of aromatic carboxylic acids is 1. The van der Waals surface area contributed by atoms with Gasteiger partial charge in [-0.1, -0.05) is 0 Å². The molecule has 2 rings (SSSR count). The Bertz CT molecular complexity index is 547. The van der Waals surface area contributed by atoms with Gasteiger partial charge in [0.15, 0.2) is 5.69 Å². The maximum atomic E-state index is 11.0. The highest BCUT2D eigenvalue weighted by Gasteiger charge is 2.18. The molecular formula is C10H11N3O3. The van der Waals surface area contributed by atoms with Crippen LogP contribution in [0.25, 0.3) is 5.52 Å². The number of hydrogen-bond donors (Lipinski definition) is 3. The average Bonchev–Trinajstić information content (AvgIpc) is 2.60. The van der Waals surface area contributed by atoms with Crippen LogP contribution < -0.4 is 5.73 Å². The van der Waals surface area contributed by atoms with Crippen molar-refractivity contribution < 1.29 is 15.0 Å². The van der Waals surface area contributed by atoms with E-state index in [9.17, 15) is 9.90 Å². The summed E-state index contributed by atoms with van der Waals surface area (Å²) in [6.45, 7) is 0.369. The van der Waals surface area contributed by atoms with Gasteiger partial charge in [-0.25, -0.2) is 9.78 Å². The highest BCUT2D eigenvalue weighted by Crippen LogP contribution is 2.23. The predicted molar refractivity (Wildman–Crippen MR) is 56.6 cm³/mol. The second-order valence-corrected chi connectivity index (χ2v) is 3.33. The van der Waals surface area contributed by atoms with Gasteiger partial charge in [0.05, 0.1) is 0 Å². The molecule has 0 aliphatic carbocycles. The first-order chi connectivity index (χ1) is 7.65. The average molecular weight is 221 g/mol. The molecule has 0 spiro atoms. The van der Waals surface area contributed by atoms with Gasteiger partial charge in [-0.2, -0.15) is 0 Å². The van der Waals surface area contributed by atoms with Gasteiger partial charge in [-0.05, 0) is 18.7 Å². The van der Waals surface area contributed by atoms with Crippen LogP contribution in [0.15, 0.2) is 18.3 Å². The molecule has 0 aromatic carbocycles. The number of pyridine rings is 1. The van der Waals surface area contributed by atoms with Crippen LogP contribution in [0.3, 0.4) is 0 Å². The Morgan fingerprint density at radius 2 is 2.31 bits per heavy atom. The lowest BCUT2D eigenvalue weighted by molar-refractivity contribution is 0.0693. The molecule has 2 heterocycles. The third-order valence-corrected chi connectivity index (χ3v) is 2.29. The van der Waals surface area contributed by atoms with E-state index in [1.54, 1.807) is 16.7 Å². The monoisotopic (exact) mass is 221 g/mol. The number of rotatable bonds is 3. The van der Waals surface area contributed by atoms with Crippen LogP contribution in [-0.2, 0) is 6.42 Å². The lowest BCUT2D eigenvalue weighted by atomic mass is 10.3. The summed E-state index contributed by atoms with van der Waals surface area (Å²) in [5, 5.41) is 18.6. The third-order valence-electron chi connectivity index (χ3n) is 2.29. The van der Waals surface area contributed by atoms with E-state index in [-0.39, 0.29) is 17.0 Å². The third kappa shape index (κ3) is 1.49.